The van der Waals surface area contributed by atoms with E-state index in [1.807, 2.05) is 6.07 Å². The van der Waals surface area contributed by atoms with Crippen molar-refractivity contribution in [1.82, 2.24) is 5.32 Å². The number of benzene rings is 2. The van der Waals surface area contributed by atoms with E-state index < -0.39 is 5.91 Å². The van der Waals surface area contributed by atoms with E-state index in [1.54, 1.807) is 24.3 Å². The van der Waals surface area contributed by atoms with Crippen molar-refractivity contribution >= 4 is 11.8 Å². The monoisotopic (exact) mass is 324 g/mol. The summed E-state index contributed by atoms with van der Waals surface area (Å²) in [6.07, 6.45) is 2.14. The van der Waals surface area contributed by atoms with Gasteiger partial charge in [0.05, 0.1) is 0 Å². The number of carbonyl (C=O) groups is 2. The minimum atomic E-state index is -0.534. The van der Waals surface area contributed by atoms with Gasteiger partial charge in [-0.25, -0.2) is 0 Å². The maximum Gasteiger partial charge on any atom is 0.255 e. The number of amides is 2. The summed E-state index contributed by atoms with van der Waals surface area (Å²) in [6.45, 7) is 0.461. The Kier molecular flexibility index (Phi) is 4.79. The molecule has 2 aromatic carbocycles. The summed E-state index contributed by atoms with van der Waals surface area (Å²) in [4.78, 5) is 22.9. The average molecular weight is 324 g/mol. The van der Waals surface area contributed by atoms with Crippen LogP contribution >= 0.6 is 0 Å². The molecule has 1 atom stereocenters. The molecule has 124 valence electrons. The van der Waals surface area contributed by atoms with Crippen molar-refractivity contribution in [2.75, 3.05) is 13.2 Å². The molecule has 0 aromatic heterocycles. The third kappa shape index (κ3) is 3.74. The molecule has 0 saturated heterocycles. The van der Waals surface area contributed by atoms with Gasteiger partial charge in [0.15, 0.2) is 6.61 Å². The number of ether oxygens (including phenoxy) is 1. The third-order valence-corrected chi connectivity index (χ3v) is 4.26. The van der Waals surface area contributed by atoms with Crippen molar-refractivity contribution in [3.8, 4) is 5.75 Å². The molecule has 0 saturated carbocycles. The number of nitrogens with one attached hydrogen (secondary N) is 1. The second kappa shape index (κ2) is 7.17. The zero-order valence-corrected chi connectivity index (χ0v) is 13.3. The van der Waals surface area contributed by atoms with E-state index in [1.165, 1.54) is 11.1 Å². The lowest BCUT2D eigenvalue weighted by Crippen LogP contribution is -2.27. The fourth-order valence-electron chi connectivity index (χ4n) is 3.03. The summed E-state index contributed by atoms with van der Waals surface area (Å²) < 4.78 is 5.18. The summed E-state index contributed by atoms with van der Waals surface area (Å²) in [5, 5.41) is 3.00. The molecule has 24 heavy (non-hydrogen) atoms. The second-order valence-electron chi connectivity index (χ2n) is 5.92. The first kappa shape index (κ1) is 16.1. The van der Waals surface area contributed by atoms with Crippen LogP contribution in [0.3, 0.4) is 0 Å². The maximum absolute atomic E-state index is 12.3. The van der Waals surface area contributed by atoms with Gasteiger partial charge in [-0.15, -0.1) is 0 Å². The number of aryl methyl sites for hydroxylation is 1. The van der Waals surface area contributed by atoms with Gasteiger partial charge in [0.2, 0.25) is 0 Å². The largest absolute Gasteiger partial charge is 0.484 e. The summed E-state index contributed by atoms with van der Waals surface area (Å²) in [5.41, 5.74) is 8.31. The fourth-order valence-corrected chi connectivity index (χ4v) is 3.03. The lowest BCUT2D eigenvalue weighted by molar-refractivity contribution is -0.119. The maximum atomic E-state index is 12.3. The Morgan fingerprint density at radius 1 is 1.12 bits per heavy atom. The molecule has 0 heterocycles. The minimum absolute atomic E-state index is 0.110. The van der Waals surface area contributed by atoms with Gasteiger partial charge in [0, 0.05) is 18.0 Å². The van der Waals surface area contributed by atoms with Crippen molar-refractivity contribution in [1.29, 1.82) is 0 Å². The van der Waals surface area contributed by atoms with Crippen LogP contribution in [0.5, 0.6) is 5.75 Å². The molecule has 5 nitrogen and oxygen atoms in total. The number of primary amides is 1. The van der Waals surface area contributed by atoms with Crippen LogP contribution in [0, 0.1) is 0 Å². The Hall–Kier alpha value is -2.82. The van der Waals surface area contributed by atoms with E-state index in [2.05, 4.69) is 23.5 Å². The molecule has 0 aliphatic heterocycles. The Balaban J connectivity index is 1.55. The predicted octanol–water partition coefficient (Wildman–Crippen LogP) is 2.01. The van der Waals surface area contributed by atoms with Gasteiger partial charge in [-0.2, -0.15) is 0 Å². The van der Waals surface area contributed by atoms with Crippen molar-refractivity contribution in [2.45, 2.75) is 18.8 Å². The SMILES string of the molecule is NC(=O)COc1ccc(C(=O)NCC2CCc3ccccc32)cc1. The number of fused-ring (bicyclic) bond motifs is 1. The Bertz CT molecular complexity index is 741. The highest BCUT2D eigenvalue weighted by molar-refractivity contribution is 5.94. The highest BCUT2D eigenvalue weighted by Gasteiger charge is 2.22. The summed E-state index contributed by atoms with van der Waals surface area (Å²) in [7, 11) is 0. The number of hydrogen-bond acceptors (Lipinski definition) is 3. The predicted molar refractivity (Wildman–Crippen MR) is 91.0 cm³/mol. The summed E-state index contributed by atoms with van der Waals surface area (Å²) in [6, 6.07) is 15.1. The van der Waals surface area contributed by atoms with E-state index in [9.17, 15) is 9.59 Å². The van der Waals surface area contributed by atoms with Crippen LogP contribution < -0.4 is 15.8 Å². The molecule has 1 aliphatic rings. The second-order valence-corrected chi connectivity index (χ2v) is 5.92. The van der Waals surface area contributed by atoms with Gasteiger partial charge >= 0.3 is 0 Å². The van der Waals surface area contributed by atoms with Crippen molar-refractivity contribution in [3.05, 3.63) is 65.2 Å². The first-order chi connectivity index (χ1) is 11.6. The van der Waals surface area contributed by atoms with Crippen LogP contribution in [0.25, 0.3) is 0 Å². The summed E-state index contributed by atoms with van der Waals surface area (Å²) in [5.74, 6) is 0.243. The summed E-state index contributed by atoms with van der Waals surface area (Å²) >= 11 is 0. The molecule has 2 amide bonds. The lowest BCUT2D eigenvalue weighted by atomic mass is 10.0. The van der Waals surface area contributed by atoms with Crippen LogP contribution in [0.15, 0.2) is 48.5 Å². The minimum Gasteiger partial charge on any atom is -0.484 e. The molecule has 3 rings (SSSR count). The molecule has 0 fully saturated rings. The molecule has 1 unspecified atom stereocenters. The molecule has 2 aromatic rings. The van der Waals surface area contributed by atoms with Gasteiger partial charge in [0.25, 0.3) is 11.8 Å². The van der Waals surface area contributed by atoms with E-state index in [0.717, 1.165) is 12.8 Å². The number of carbonyl (C=O) groups excluding carboxylic acids is 2. The highest BCUT2D eigenvalue weighted by atomic mass is 16.5. The van der Waals surface area contributed by atoms with E-state index in [4.69, 9.17) is 10.5 Å². The molecule has 0 radical (unpaired) electrons. The van der Waals surface area contributed by atoms with Crippen LogP contribution in [-0.4, -0.2) is 25.0 Å². The highest BCUT2D eigenvalue weighted by Crippen LogP contribution is 2.32. The van der Waals surface area contributed by atoms with Gasteiger partial charge in [-0.05, 0) is 48.2 Å². The fraction of sp³-hybridized carbons (Fsp3) is 0.263. The number of hydrogen-bond donors (Lipinski definition) is 2. The van der Waals surface area contributed by atoms with E-state index >= 15 is 0 Å². The lowest BCUT2D eigenvalue weighted by Gasteiger charge is -2.13. The topological polar surface area (TPSA) is 81.4 Å². The number of rotatable bonds is 6. The Labute approximate surface area is 140 Å². The van der Waals surface area contributed by atoms with Gasteiger partial charge in [-0.3, -0.25) is 9.59 Å². The molecule has 5 heteroatoms. The quantitative estimate of drug-likeness (QED) is 0.853. The Morgan fingerprint density at radius 3 is 2.62 bits per heavy atom. The molecular weight excluding hydrogens is 304 g/mol. The normalized spacial score (nSPS) is 15.6. The van der Waals surface area contributed by atoms with Crippen molar-refractivity contribution in [3.63, 3.8) is 0 Å². The molecule has 0 spiro atoms. The van der Waals surface area contributed by atoms with Crippen LogP contribution in [0.4, 0.5) is 0 Å². The van der Waals surface area contributed by atoms with Crippen LogP contribution in [0.1, 0.15) is 33.8 Å². The molecule has 1 aliphatic carbocycles. The molecular formula is C19H20N2O3. The molecule has 0 bridgehead atoms. The van der Waals surface area contributed by atoms with E-state index in [-0.39, 0.29) is 12.5 Å². The zero-order chi connectivity index (χ0) is 16.9. The first-order valence-corrected chi connectivity index (χ1v) is 8.00. The van der Waals surface area contributed by atoms with E-state index in [0.29, 0.717) is 23.8 Å². The number of nitrogens with two attached hydrogens (primary N) is 1. The van der Waals surface area contributed by atoms with Gasteiger partial charge in [0.1, 0.15) is 5.75 Å². The van der Waals surface area contributed by atoms with Crippen LogP contribution in [-0.2, 0) is 11.2 Å². The third-order valence-electron chi connectivity index (χ3n) is 4.26. The first-order valence-electron chi connectivity index (χ1n) is 8.00. The van der Waals surface area contributed by atoms with Gasteiger partial charge < -0.3 is 15.8 Å². The van der Waals surface area contributed by atoms with Crippen molar-refractivity contribution < 1.29 is 14.3 Å². The van der Waals surface area contributed by atoms with Crippen molar-refractivity contribution in [2.24, 2.45) is 5.73 Å². The molecule has 3 N–H and O–H groups in total. The smallest absolute Gasteiger partial charge is 0.255 e. The average Bonchev–Trinajstić information content (AvgIpc) is 3.01. The van der Waals surface area contributed by atoms with Gasteiger partial charge in [-0.1, -0.05) is 24.3 Å². The standard InChI is InChI=1S/C19H20N2O3/c20-18(22)12-24-16-9-7-14(8-10-16)19(23)21-11-15-6-5-13-3-1-2-4-17(13)15/h1-4,7-10,15H,5-6,11-12H2,(H2,20,22)(H,21,23). The Morgan fingerprint density at radius 2 is 1.88 bits per heavy atom. The van der Waals surface area contributed by atoms with Crippen LogP contribution in [0.2, 0.25) is 0 Å². The zero-order valence-electron chi connectivity index (χ0n) is 13.3.